The van der Waals surface area contributed by atoms with E-state index in [1.807, 2.05) is 0 Å². The molecule has 0 aliphatic carbocycles. The smallest absolute Gasteiger partial charge is 0.383 e. The zero-order chi connectivity index (χ0) is 20.1. The summed E-state index contributed by atoms with van der Waals surface area (Å²) in [5.41, 5.74) is 0.357. The lowest BCUT2D eigenvalue weighted by Crippen LogP contribution is -2.47. The Kier molecular flexibility index (Phi) is 8.16. The van der Waals surface area contributed by atoms with Gasteiger partial charge in [-0.15, -0.1) is 0 Å². The molecule has 0 N–H and O–H groups in total. The summed E-state index contributed by atoms with van der Waals surface area (Å²) in [6.07, 6.45) is 8.57. The van der Waals surface area contributed by atoms with Gasteiger partial charge in [-0.1, -0.05) is 81.1 Å². The van der Waals surface area contributed by atoms with Crippen LogP contribution < -0.4 is 0 Å². The molecule has 1 aliphatic heterocycles. The van der Waals surface area contributed by atoms with E-state index >= 15 is 0 Å². The highest BCUT2D eigenvalue weighted by Crippen LogP contribution is 2.59. The fraction of sp³-hybridized carbons (Fsp3) is 0.955. The summed E-state index contributed by atoms with van der Waals surface area (Å²) in [6, 6.07) is 0. The Hall–Kier alpha value is -0.610. The van der Waals surface area contributed by atoms with Crippen molar-refractivity contribution >= 4 is 5.97 Å². The molecule has 1 rings (SSSR count). The zero-order valence-electron chi connectivity index (χ0n) is 18.5. The van der Waals surface area contributed by atoms with E-state index in [1.165, 1.54) is 19.3 Å². The van der Waals surface area contributed by atoms with Gasteiger partial charge in [0.05, 0.1) is 0 Å². The zero-order valence-corrected chi connectivity index (χ0v) is 18.5. The Morgan fingerprint density at radius 2 is 1.38 bits per heavy atom. The number of unbranched alkanes of at least 4 members (excludes halogenated alkanes) is 3. The van der Waals surface area contributed by atoms with E-state index in [9.17, 15) is 4.79 Å². The van der Waals surface area contributed by atoms with Gasteiger partial charge >= 0.3 is 11.9 Å². The molecule has 0 aromatic rings. The van der Waals surface area contributed by atoms with Crippen LogP contribution in [0.15, 0.2) is 0 Å². The first-order chi connectivity index (χ1) is 11.9. The molecule has 0 aromatic carbocycles. The molecule has 1 aliphatic rings. The van der Waals surface area contributed by atoms with Gasteiger partial charge in [-0.25, -0.2) is 0 Å². The number of hydrogen-bond acceptors (Lipinski definition) is 4. The highest BCUT2D eigenvalue weighted by Gasteiger charge is 2.57. The second kappa shape index (κ2) is 9.05. The number of hydrogen-bond donors (Lipinski definition) is 0. The van der Waals surface area contributed by atoms with Gasteiger partial charge in [0.15, 0.2) is 0 Å². The van der Waals surface area contributed by atoms with Crippen LogP contribution in [0.3, 0.4) is 0 Å². The second-order valence-corrected chi connectivity index (χ2v) is 9.97. The minimum Gasteiger partial charge on any atom is -0.404 e. The maximum absolute atomic E-state index is 12.0. The molecule has 0 spiro atoms. The molecule has 1 saturated heterocycles. The highest BCUT2D eigenvalue weighted by molar-refractivity contribution is 5.69. The van der Waals surface area contributed by atoms with E-state index in [0.29, 0.717) is 12.8 Å². The molecule has 0 amide bonds. The Labute approximate surface area is 161 Å². The van der Waals surface area contributed by atoms with Crippen LogP contribution in [0.1, 0.15) is 113 Å². The normalized spacial score (nSPS) is 17.2. The van der Waals surface area contributed by atoms with Crippen molar-refractivity contribution in [2.75, 3.05) is 0 Å². The van der Waals surface area contributed by atoms with E-state index < -0.39 is 5.97 Å². The van der Waals surface area contributed by atoms with Gasteiger partial charge in [-0.05, 0) is 35.5 Å². The van der Waals surface area contributed by atoms with Crippen LogP contribution in [-0.4, -0.2) is 11.9 Å². The lowest BCUT2D eigenvalue weighted by Gasteiger charge is -2.54. The molecule has 154 valence electrons. The quantitative estimate of drug-likeness (QED) is 0.174. The number of esters is 1. The van der Waals surface area contributed by atoms with E-state index in [1.54, 1.807) is 0 Å². The summed E-state index contributed by atoms with van der Waals surface area (Å²) < 4.78 is 5.51. The van der Waals surface area contributed by atoms with Gasteiger partial charge in [0.2, 0.25) is 0 Å². The summed E-state index contributed by atoms with van der Waals surface area (Å²) in [5, 5.41) is 0. The van der Waals surface area contributed by atoms with Gasteiger partial charge in [0.25, 0.3) is 0 Å². The molecule has 26 heavy (non-hydrogen) atoms. The first-order valence-electron chi connectivity index (χ1n) is 10.5. The van der Waals surface area contributed by atoms with Crippen molar-refractivity contribution in [1.82, 2.24) is 0 Å². The Bertz CT molecular complexity index is 424. The van der Waals surface area contributed by atoms with Gasteiger partial charge in [0, 0.05) is 12.8 Å². The summed E-state index contributed by atoms with van der Waals surface area (Å²) in [5.74, 6) is -1.37. The molecule has 0 radical (unpaired) electrons. The molecule has 0 bridgehead atoms. The number of rotatable bonds is 11. The van der Waals surface area contributed by atoms with Crippen molar-refractivity contribution in [1.29, 1.82) is 0 Å². The van der Waals surface area contributed by atoms with E-state index in [4.69, 9.17) is 14.5 Å². The molecule has 0 aromatic heterocycles. The molecule has 0 saturated carbocycles. The first-order valence-corrected chi connectivity index (χ1v) is 10.5. The van der Waals surface area contributed by atoms with Gasteiger partial charge in [-0.3, -0.25) is 4.79 Å². The predicted molar refractivity (Wildman–Crippen MR) is 105 cm³/mol. The van der Waals surface area contributed by atoms with Crippen LogP contribution in [0.25, 0.3) is 0 Å². The van der Waals surface area contributed by atoms with Crippen molar-refractivity contribution in [3.8, 4) is 0 Å². The average Bonchev–Trinajstić information content (AvgIpc) is 3.26. The van der Waals surface area contributed by atoms with Crippen LogP contribution in [0.2, 0.25) is 0 Å². The molecule has 1 heterocycles. The first kappa shape index (κ1) is 23.4. The molecule has 0 atom stereocenters. The van der Waals surface area contributed by atoms with Gasteiger partial charge < -0.3 is 4.74 Å². The molecular formula is C22H42O4. The van der Waals surface area contributed by atoms with Crippen molar-refractivity contribution in [3.05, 3.63) is 0 Å². The van der Waals surface area contributed by atoms with Crippen LogP contribution in [0.4, 0.5) is 0 Å². The van der Waals surface area contributed by atoms with Crippen molar-refractivity contribution < 1.29 is 19.3 Å². The lowest BCUT2D eigenvalue weighted by atomic mass is 9.50. The lowest BCUT2D eigenvalue weighted by molar-refractivity contribution is -0.165. The fourth-order valence-electron chi connectivity index (χ4n) is 4.55. The highest BCUT2D eigenvalue weighted by atomic mass is 17.5. The standard InChI is InChI=1S/C22H42O4/c1-9-11-13-15-21(19(3,4)5,20(6,7)8)16-17-22(25-26-22)24-18(23)14-12-10-2/h9-17H2,1-8H3. The molecule has 4 nitrogen and oxygen atoms in total. The number of carbonyl (C=O) groups is 1. The average molecular weight is 371 g/mol. The minimum absolute atomic E-state index is 0.104. The molecule has 0 unspecified atom stereocenters. The largest absolute Gasteiger partial charge is 0.404 e. The molecular weight excluding hydrogens is 328 g/mol. The Balaban J connectivity index is 2.87. The predicted octanol–water partition coefficient (Wildman–Crippen LogP) is 6.77. The van der Waals surface area contributed by atoms with E-state index in [2.05, 4.69) is 55.4 Å². The summed E-state index contributed by atoms with van der Waals surface area (Å²) in [6.45, 7) is 18.3. The van der Waals surface area contributed by atoms with Crippen LogP contribution in [0.5, 0.6) is 0 Å². The van der Waals surface area contributed by atoms with E-state index in [-0.39, 0.29) is 22.2 Å². The number of carbonyl (C=O) groups excluding carboxylic acids is 1. The second-order valence-electron chi connectivity index (χ2n) is 9.97. The molecule has 1 fully saturated rings. The van der Waals surface area contributed by atoms with Crippen molar-refractivity contribution in [2.45, 2.75) is 119 Å². The third-order valence-electron chi connectivity index (χ3n) is 6.21. The third kappa shape index (κ3) is 5.95. The van der Waals surface area contributed by atoms with Crippen LogP contribution in [-0.2, 0) is 19.3 Å². The van der Waals surface area contributed by atoms with Crippen molar-refractivity contribution in [3.63, 3.8) is 0 Å². The third-order valence-corrected chi connectivity index (χ3v) is 6.21. The summed E-state index contributed by atoms with van der Waals surface area (Å²) >= 11 is 0. The van der Waals surface area contributed by atoms with E-state index in [0.717, 1.165) is 25.7 Å². The van der Waals surface area contributed by atoms with Crippen molar-refractivity contribution in [2.24, 2.45) is 16.2 Å². The summed E-state index contributed by atoms with van der Waals surface area (Å²) in [7, 11) is 0. The maximum Gasteiger partial charge on any atom is 0.383 e. The Morgan fingerprint density at radius 1 is 0.846 bits per heavy atom. The van der Waals surface area contributed by atoms with Gasteiger partial charge in [-0.2, -0.15) is 9.78 Å². The fourth-order valence-corrected chi connectivity index (χ4v) is 4.55. The Morgan fingerprint density at radius 3 is 1.81 bits per heavy atom. The molecule has 4 heteroatoms. The van der Waals surface area contributed by atoms with Crippen LogP contribution in [0, 0.1) is 16.2 Å². The minimum atomic E-state index is -1.14. The SMILES string of the molecule is CCCCCC(CCC1(OC(=O)CCCC)OO1)(C(C)(C)C)C(C)(C)C. The monoisotopic (exact) mass is 370 g/mol. The maximum atomic E-state index is 12.0. The van der Waals surface area contributed by atoms with Gasteiger partial charge in [0.1, 0.15) is 0 Å². The van der Waals surface area contributed by atoms with Crippen LogP contribution >= 0.6 is 0 Å². The number of ether oxygens (including phenoxy) is 1. The topological polar surface area (TPSA) is 51.4 Å². The summed E-state index contributed by atoms with van der Waals surface area (Å²) in [4.78, 5) is 22.3.